The average Bonchev–Trinajstić information content (AvgIpc) is 3.83. The first-order valence-corrected chi connectivity index (χ1v) is 24.7. The van der Waals surface area contributed by atoms with Crippen molar-refractivity contribution in [2.45, 2.75) is 82.8 Å². The van der Waals surface area contributed by atoms with E-state index in [2.05, 4.69) is 26.6 Å². The maximum absolute atomic E-state index is 14.9. The lowest BCUT2D eigenvalue weighted by molar-refractivity contribution is -0.138. The SMILES string of the molecule is CNC(=O)[C@@H](C)NC(=O)[C@H](Cc1ccc(O)cc1)NC(=O)C(CC(=O)C=C(N)c1ccc(-c2cccc(Cl)c2)cc1)CP(=O)(O)[C@H](Cc1ccccc1)NC(=O)[C@@H](C)NC(=O)[C@@H]1CCCN1C(C)=O. The number of nitrogens with one attached hydrogen (secondary N) is 5. The number of phenols is 1. The standard InChI is InChI=1S/C50H59ClN7O10P/c1-30(46(62)53-4)54-49(65)43(24-34-15-21-40(60)22-16-34)56-48(64)38(27-41(61)28-42(52)36-19-17-35(18-20-36)37-12-8-13-39(51)26-37)29-69(67,68)45(25-33-10-6-5-7-11-33)57-47(63)31(2)55-50(66)44-14-9-23-58(44)32(3)59/h5-8,10-13,15-22,26,28,30-31,38,43-45,60H,9,14,23-25,27,29,52H2,1-4H3,(H,53,62)(H,54,65)(H,55,66)(H,56,64)(H,57,63)(H,67,68)/t30-,31-,38?,43+,44+,45-/m1/s1. The van der Waals surface area contributed by atoms with Gasteiger partial charge in [-0.2, -0.15) is 0 Å². The molecule has 9 N–H and O–H groups in total. The molecule has 69 heavy (non-hydrogen) atoms. The van der Waals surface area contributed by atoms with Gasteiger partial charge in [0.15, 0.2) is 5.78 Å². The number of amides is 6. The molecule has 17 nitrogen and oxygen atoms in total. The normalized spacial score (nSPS) is 16.6. The van der Waals surface area contributed by atoms with Crippen molar-refractivity contribution in [3.63, 3.8) is 0 Å². The minimum atomic E-state index is -4.77. The minimum Gasteiger partial charge on any atom is -0.508 e. The molecular formula is C50H59ClN7O10P. The molecule has 2 unspecified atom stereocenters. The van der Waals surface area contributed by atoms with Crippen molar-refractivity contribution in [2.75, 3.05) is 19.8 Å². The zero-order chi connectivity index (χ0) is 50.4. The Hall–Kier alpha value is -6.81. The summed E-state index contributed by atoms with van der Waals surface area (Å²) in [6.07, 6.45) is 0.190. The van der Waals surface area contributed by atoms with Crippen molar-refractivity contribution in [1.29, 1.82) is 0 Å². The van der Waals surface area contributed by atoms with Crippen LogP contribution in [0.3, 0.4) is 0 Å². The molecular weight excluding hydrogens is 925 g/mol. The largest absolute Gasteiger partial charge is 0.508 e. The van der Waals surface area contributed by atoms with Gasteiger partial charge in [-0.25, -0.2) is 0 Å². The summed E-state index contributed by atoms with van der Waals surface area (Å²) in [5.41, 5.74) is 9.63. The van der Waals surface area contributed by atoms with Crippen molar-refractivity contribution >= 4 is 65.9 Å². The van der Waals surface area contributed by atoms with E-state index in [0.29, 0.717) is 41.1 Å². The van der Waals surface area contributed by atoms with Gasteiger partial charge < -0.3 is 47.2 Å². The molecule has 0 saturated carbocycles. The second-order valence-corrected chi connectivity index (χ2v) is 20.0. The number of phenolic OH excluding ortho intramolecular Hbond substituents is 1. The quantitative estimate of drug-likeness (QED) is 0.0436. The second-order valence-electron chi connectivity index (χ2n) is 17.1. The Bertz CT molecular complexity index is 2580. The lowest BCUT2D eigenvalue weighted by Crippen LogP contribution is -2.54. The smallest absolute Gasteiger partial charge is 0.243 e. The number of benzene rings is 4. The summed E-state index contributed by atoms with van der Waals surface area (Å²) in [7, 11) is -3.38. The van der Waals surface area contributed by atoms with Crippen LogP contribution in [0.15, 0.2) is 109 Å². The molecule has 0 aliphatic carbocycles. The summed E-state index contributed by atoms with van der Waals surface area (Å²) in [6, 6.07) is 24.0. The van der Waals surface area contributed by atoms with Crippen LogP contribution in [0, 0.1) is 5.92 Å². The zero-order valence-corrected chi connectivity index (χ0v) is 40.5. The van der Waals surface area contributed by atoms with Gasteiger partial charge in [0.1, 0.15) is 35.7 Å². The maximum atomic E-state index is 14.9. The summed E-state index contributed by atoms with van der Waals surface area (Å²) in [6.45, 7) is 4.56. The number of carbonyl (C=O) groups is 7. The Kier molecular flexibility index (Phi) is 18.8. The van der Waals surface area contributed by atoms with Gasteiger partial charge in [0.05, 0.1) is 5.92 Å². The van der Waals surface area contributed by atoms with E-state index < -0.39 is 91.1 Å². The molecule has 5 rings (SSSR count). The number of aromatic hydroxyl groups is 1. The number of likely N-dealkylation sites (N-methyl/N-ethyl adjacent to an activating group) is 1. The minimum absolute atomic E-state index is 0.0334. The van der Waals surface area contributed by atoms with Crippen LogP contribution in [0.2, 0.25) is 5.02 Å². The van der Waals surface area contributed by atoms with Gasteiger partial charge in [-0.05, 0) is 78.8 Å². The Balaban J connectivity index is 1.46. The third kappa shape index (κ3) is 15.3. The predicted molar refractivity (Wildman–Crippen MR) is 262 cm³/mol. The zero-order valence-electron chi connectivity index (χ0n) is 38.8. The first-order chi connectivity index (χ1) is 32.7. The van der Waals surface area contributed by atoms with Crippen LogP contribution in [-0.4, -0.2) is 106 Å². The summed E-state index contributed by atoms with van der Waals surface area (Å²) in [4.78, 5) is 107. The fraction of sp³-hybridized carbons (Fsp3) is 0.340. The number of nitrogens with two attached hydrogens (primary N) is 1. The predicted octanol–water partition coefficient (Wildman–Crippen LogP) is 4.04. The van der Waals surface area contributed by atoms with Crippen molar-refractivity contribution in [2.24, 2.45) is 11.7 Å². The number of halogens is 1. The highest BCUT2D eigenvalue weighted by Crippen LogP contribution is 2.49. The highest BCUT2D eigenvalue weighted by molar-refractivity contribution is 7.58. The number of allylic oxidation sites excluding steroid dienone is 1. The van der Waals surface area contributed by atoms with Crippen molar-refractivity contribution in [1.82, 2.24) is 31.5 Å². The highest BCUT2D eigenvalue weighted by Gasteiger charge is 2.40. The van der Waals surface area contributed by atoms with E-state index in [1.54, 1.807) is 66.7 Å². The summed E-state index contributed by atoms with van der Waals surface area (Å²) in [5, 5.41) is 23.3. The van der Waals surface area contributed by atoms with Crippen LogP contribution >= 0.6 is 19.0 Å². The molecule has 6 amide bonds. The highest BCUT2D eigenvalue weighted by atomic mass is 35.5. The molecule has 0 aromatic heterocycles. The maximum Gasteiger partial charge on any atom is 0.243 e. The van der Waals surface area contributed by atoms with Crippen molar-refractivity contribution < 1.29 is 48.1 Å². The average molecular weight is 984 g/mol. The Labute approximate surface area is 406 Å². The third-order valence-corrected chi connectivity index (χ3v) is 14.3. The number of hydrogen-bond acceptors (Lipinski definition) is 10. The number of rotatable bonds is 21. The molecule has 0 bridgehead atoms. The van der Waals surface area contributed by atoms with E-state index in [9.17, 15) is 48.1 Å². The monoisotopic (exact) mass is 983 g/mol. The molecule has 1 fully saturated rings. The number of carbonyl (C=O) groups excluding carboxylic acids is 7. The van der Waals surface area contributed by atoms with E-state index in [0.717, 1.165) is 17.2 Å². The van der Waals surface area contributed by atoms with Crippen molar-refractivity contribution in [3.05, 3.63) is 131 Å². The van der Waals surface area contributed by atoms with Crippen LogP contribution in [0.25, 0.3) is 16.8 Å². The Morgan fingerprint density at radius 1 is 0.783 bits per heavy atom. The summed E-state index contributed by atoms with van der Waals surface area (Å²) < 4.78 is 14.9. The fourth-order valence-corrected chi connectivity index (χ4v) is 10.1. The number of hydrogen-bond donors (Lipinski definition) is 8. The van der Waals surface area contributed by atoms with E-state index in [1.165, 1.54) is 57.0 Å². The van der Waals surface area contributed by atoms with Gasteiger partial charge in [-0.15, -0.1) is 0 Å². The van der Waals surface area contributed by atoms with Crippen LogP contribution in [-0.2, 0) is 51.0 Å². The van der Waals surface area contributed by atoms with E-state index in [4.69, 9.17) is 17.3 Å². The Morgan fingerprint density at radius 2 is 1.43 bits per heavy atom. The van der Waals surface area contributed by atoms with Crippen molar-refractivity contribution in [3.8, 4) is 16.9 Å². The van der Waals surface area contributed by atoms with Gasteiger partial charge >= 0.3 is 0 Å². The van der Waals surface area contributed by atoms with Gasteiger partial charge in [0.25, 0.3) is 0 Å². The molecule has 1 aliphatic heterocycles. The molecule has 0 radical (unpaired) electrons. The first kappa shape index (κ1) is 53.1. The van der Waals surface area contributed by atoms with E-state index in [-0.39, 0.29) is 30.2 Å². The molecule has 1 heterocycles. The first-order valence-electron chi connectivity index (χ1n) is 22.4. The Morgan fingerprint density at radius 3 is 2.07 bits per heavy atom. The molecule has 4 aromatic rings. The summed E-state index contributed by atoms with van der Waals surface area (Å²) in [5.74, 6) is -7.89. The van der Waals surface area contributed by atoms with Gasteiger partial charge in [0.2, 0.25) is 42.8 Å². The number of ketones is 1. The number of nitrogens with zero attached hydrogens (tertiary/aromatic N) is 1. The summed E-state index contributed by atoms with van der Waals surface area (Å²) >= 11 is 6.18. The third-order valence-electron chi connectivity index (χ3n) is 11.8. The molecule has 1 saturated heterocycles. The molecule has 366 valence electrons. The molecule has 19 heteroatoms. The van der Waals surface area contributed by atoms with Crippen LogP contribution in [0.4, 0.5) is 0 Å². The van der Waals surface area contributed by atoms with Crippen LogP contribution in [0.1, 0.15) is 56.7 Å². The van der Waals surface area contributed by atoms with Crippen LogP contribution < -0.4 is 32.3 Å². The molecule has 0 spiro atoms. The molecule has 4 aromatic carbocycles. The van der Waals surface area contributed by atoms with E-state index >= 15 is 0 Å². The van der Waals surface area contributed by atoms with Gasteiger partial charge in [-0.1, -0.05) is 90.5 Å². The topological polar surface area (TPSA) is 266 Å². The lowest BCUT2D eigenvalue weighted by Gasteiger charge is -2.30. The van der Waals surface area contributed by atoms with Gasteiger partial charge in [0, 0.05) is 62.7 Å². The van der Waals surface area contributed by atoms with E-state index in [1.807, 2.05) is 12.1 Å². The molecule has 1 aliphatic rings. The van der Waals surface area contributed by atoms with Crippen LogP contribution in [0.5, 0.6) is 5.75 Å². The number of likely N-dealkylation sites (tertiary alicyclic amines) is 1. The van der Waals surface area contributed by atoms with Gasteiger partial charge in [-0.3, -0.25) is 38.1 Å². The second kappa shape index (κ2) is 24.5. The lowest BCUT2D eigenvalue weighted by atomic mass is 9.99. The fourth-order valence-electron chi connectivity index (χ4n) is 7.94. The molecule has 7 atom stereocenters.